The topological polar surface area (TPSA) is 96.9 Å². The lowest BCUT2D eigenvalue weighted by molar-refractivity contribution is 0.198. The van der Waals surface area contributed by atoms with Crippen LogP contribution in [0.2, 0.25) is 0 Å². The number of ether oxygens (including phenoxy) is 1. The molecule has 1 atom stereocenters. The lowest BCUT2D eigenvalue weighted by Gasteiger charge is -2.32. The first-order valence-corrected chi connectivity index (χ1v) is 9.30. The summed E-state index contributed by atoms with van der Waals surface area (Å²) in [7, 11) is 1.55. The van der Waals surface area contributed by atoms with Gasteiger partial charge in [-0.05, 0) is 31.5 Å². The fraction of sp³-hybridized carbons (Fsp3) is 0.350. The van der Waals surface area contributed by atoms with Gasteiger partial charge in [0.2, 0.25) is 0 Å². The predicted octanol–water partition coefficient (Wildman–Crippen LogP) is 2.01. The van der Waals surface area contributed by atoms with Gasteiger partial charge in [-0.3, -0.25) is 14.7 Å². The van der Waals surface area contributed by atoms with Crippen LogP contribution < -0.4 is 10.3 Å². The molecule has 1 N–H and O–H groups in total. The number of H-pyrrole nitrogens is 1. The van der Waals surface area contributed by atoms with Crippen LogP contribution in [0, 0.1) is 0 Å². The summed E-state index contributed by atoms with van der Waals surface area (Å²) in [6.07, 6.45) is 9.05. The first-order valence-electron chi connectivity index (χ1n) is 9.30. The second-order valence-corrected chi connectivity index (χ2v) is 6.91. The first-order chi connectivity index (χ1) is 13.7. The standard InChI is InChI=1S/C20H22N6O2/c1-28-20-22-10-14(11-23-20)12-26-8-2-3-16(13-26)17-9-18(27)25-19(24-17)15-4-6-21-7-5-15/h4-7,9-11,16H,2-3,8,12-13H2,1H3,(H,24,25,27). The highest BCUT2D eigenvalue weighted by Crippen LogP contribution is 2.27. The van der Waals surface area contributed by atoms with Crippen molar-refractivity contribution < 1.29 is 4.74 Å². The van der Waals surface area contributed by atoms with Crippen molar-refractivity contribution in [2.45, 2.75) is 25.3 Å². The van der Waals surface area contributed by atoms with Crippen molar-refractivity contribution in [1.29, 1.82) is 0 Å². The summed E-state index contributed by atoms with van der Waals surface area (Å²) in [5.74, 6) is 0.807. The minimum Gasteiger partial charge on any atom is -0.467 e. The van der Waals surface area contributed by atoms with E-state index in [0.717, 1.165) is 49.3 Å². The van der Waals surface area contributed by atoms with Gasteiger partial charge in [-0.15, -0.1) is 0 Å². The van der Waals surface area contributed by atoms with Gasteiger partial charge < -0.3 is 9.72 Å². The molecule has 0 bridgehead atoms. The van der Waals surface area contributed by atoms with Crippen molar-refractivity contribution in [2.75, 3.05) is 20.2 Å². The average molecular weight is 378 g/mol. The molecule has 1 fully saturated rings. The molecule has 0 spiro atoms. The van der Waals surface area contributed by atoms with Crippen LogP contribution in [0.25, 0.3) is 11.4 Å². The highest BCUT2D eigenvalue weighted by molar-refractivity contribution is 5.53. The molecule has 1 saturated heterocycles. The number of nitrogens with zero attached hydrogens (tertiary/aromatic N) is 5. The van der Waals surface area contributed by atoms with Crippen LogP contribution in [0.15, 0.2) is 47.8 Å². The van der Waals surface area contributed by atoms with Crippen LogP contribution in [-0.2, 0) is 6.54 Å². The third-order valence-corrected chi connectivity index (χ3v) is 4.91. The number of nitrogens with one attached hydrogen (secondary N) is 1. The molecular weight excluding hydrogens is 356 g/mol. The van der Waals surface area contributed by atoms with E-state index < -0.39 is 0 Å². The van der Waals surface area contributed by atoms with Crippen molar-refractivity contribution in [3.63, 3.8) is 0 Å². The first kappa shape index (κ1) is 18.2. The highest BCUT2D eigenvalue weighted by atomic mass is 16.5. The molecule has 3 aromatic heterocycles. The second kappa shape index (κ2) is 8.26. The maximum atomic E-state index is 12.2. The van der Waals surface area contributed by atoms with Crippen molar-refractivity contribution in [2.24, 2.45) is 0 Å². The van der Waals surface area contributed by atoms with Gasteiger partial charge in [-0.25, -0.2) is 15.0 Å². The summed E-state index contributed by atoms with van der Waals surface area (Å²) in [6.45, 7) is 2.61. The van der Waals surface area contributed by atoms with E-state index in [2.05, 4.69) is 24.8 Å². The number of aromatic amines is 1. The summed E-state index contributed by atoms with van der Waals surface area (Å²) in [6, 6.07) is 5.68. The number of pyridine rings is 1. The molecule has 1 aliphatic heterocycles. The molecular formula is C20H22N6O2. The Morgan fingerprint density at radius 3 is 2.79 bits per heavy atom. The third kappa shape index (κ3) is 4.23. The smallest absolute Gasteiger partial charge is 0.316 e. The maximum Gasteiger partial charge on any atom is 0.316 e. The normalized spacial score (nSPS) is 17.4. The fourth-order valence-electron chi connectivity index (χ4n) is 3.56. The Bertz CT molecular complexity index is 974. The molecule has 4 rings (SSSR count). The predicted molar refractivity (Wildman–Crippen MR) is 104 cm³/mol. The van der Waals surface area contributed by atoms with Crippen LogP contribution in [0.1, 0.15) is 30.0 Å². The summed E-state index contributed by atoms with van der Waals surface area (Å²) >= 11 is 0. The van der Waals surface area contributed by atoms with Crippen molar-refractivity contribution in [3.8, 4) is 17.4 Å². The van der Waals surface area contributed by atoms with Gasteiger partial charge in [-0.2, -0.15) is 0 Å². The monoisotopic (exact) mass is 378 g/mol. The zero-order valence-electron chi connectivity index (χ0n) is 15.7. The van der Waals surface area contributed by atoms with Gasteiger partial charge in [0.1, 0.15) is 5.82 Å². The van der Waals surface area contributed by atoms with E-state index in [9.17, 15) is 4.79 Å². The number of methoxy groups -OCH3 is 1. The molecule has 28 heavy (non-hydrogen) atoms. The number of rotatable bonds is 5. The number of likely N-dealkylation sites (tertiary alicyclic amines) is 1. The van der Waals surface area contributed by atoms with Gasteiger partial charge in [0, 0.05) is 61.0 Å². The van der Waals surface area contributed by atoms with Gasteiger partial charge in [0.15, 0.2) is 0 Å². The van der Waals surface area contributed by atoms with Crippen molar-refractivity contribution >= 4 is 0 Å². The second-order valence-electron chi connectivity index (χ2n) is 6.91. The summed E-state index contributed by atoms with van der Waals surface area (Å²) in [4.78, 5) is 34.5. The Labute approximate surface area is 162 Å². The zero-order valence-corrected chi connectivity index (χ0v) is 15.7. The zero-order chi connectivity index (χ0) is 19.3. The molecule has 144 valence electrons. The van der Waals surface area contributed by atoms with Crippen LogP contribution in [0.3, 0.4) is 0 Å². The third-order valence-electron chi connectivity index (χ3n) is 4.91. The number of hydrogen-bond donors (Lipinski definition) is 1. The minimum absolute atomic E-state index is 0.127. The van der Waals surface area contributed by atoms with Crippen LogP contribution >= 0.6 is 0 Å². The molecule has 0 amide bonds. The van der Waals surface area contributed by atoms with E-state index in [4.69, 9.17) is 9.72 Å². The van der Waals surface area contributed by atoms with E-state index in [1.807, 2.05) is 12.1 Å². The van der Waals surface area contributed by atoms with E-state index >= 15 is 0 Å². The Morgan fingerprint density at radius 2 is 2.04 bits per heavy atom. The summed E-state index contributed by atoms with van der Waals surface area (Å²) in [5, 5.41) is 0. The highest BCUT2D eigenvalue weighted by Gasteiger charge is 2.23. The maximum absolute atomic E-state index is 12.2. The number of hydrogen-bond acceptors (Lipinski definition) is 7. The van der Waals surface area contributed by atoms with Crippen LogP contribution in [0.4, 0.5) is 0 Å². The van der Waals surface area contributed by atoms with Crippen LogP contribution in [0.5, 0.6) is 6.01 Å². The Kier molecular flexibility index (Phi) is 5.38. The molecule has 8 heteroatoms. The van der Waals surface area contributed by atoms with E-state index in [-0.39, 0.29) is 11.5 Å². The quantitative estimate of drug-likeness (QED) is 0.725. The molecule has 0 saturated carbocycles. The van der Waals surface area contributed by atoms with Crippen LogP contribution in [-0.4, -0.2) is 50.0 Å². The molecule has 1 aliphatic rings. The SMILES string of the molecule is COc1ncc(CN2CCCC(c3cc(=O)[nH]c(-c4ccncc4)n3)C2)cn1. The van der Waals surface area contributed by atoms with E-state index in [1.165, 1.54) is 0 Å². The Hall–Kier alpha value is -3.13. The summed E-state index contributed by atoms with van der Waals surface area (Å²) < 4.78 is 5.01. The Balaban J connectivity index is 1.51. The number of aromatic nitrogens is 5. The van der Waals surface area contributed by atoms with Gasteiger partial charge in [-0.1, -0.05) is 0 Å². The van der Waals surface area contributed by atoms with E-state index in [0.29, 0.717) is 11.8 Å². The lowest BCUT2D eigenvalue weighted by atomic mass is 9.94. The number of piperidine rings is 1. The Morgan fingerprint density at radius 1 is 1.25 bits per heavy atom. The molecule has 0 radical (unpaired) electrons. The fourth-order valence-corrected chi connectivity index (χ4v) is 3.56. The van der Waals surface area contributed by atoms with Gasteiger partial charge in [0.25, 0.3) is 5.56 Å². The van der Waals surface area contributed by atoms with Gasteiger partial charge in [0.05, 0.1) is 12.8 Å². The molecule has 8 nitrogen and oxygen atoms in total. The molecule has 4 heterocycles. The molecule has 1 unspecified atom stereocenters. The summed E-state index contributed by atoms with van der Waals surface area (Å²) in [5.41, 5.74) is 2.61. The van der Waals surface area contributed by atoms with Crippen molar-refractivity contribution in [1.82, 2.24) is 29.8 Å². The largest absolute Gasteiger partial charge is 0.467 e. The van der Waals surface area contributed by atoms with Crippen molar-refractivity contribution in [3.05, 3.63) is 64.6 Å². The lowest BCUT2D eigenvalue weighted by Crippen LogP contribution is -2.34. The molecule has 0 aromatic carbocycles. The minimum atomic E-state index is -0.127. The molecule has 0 aliphatic carbocycles. The van der Waals surface area contributed by atoms with E-state index in [1.54, 1.807) is 38.0 Å². The molecule has 3 aromatic rings. The van der Waals surface area contributed by atoms with Gasteiger partial charge >= 0.3 is 6.01 Å². The average Bonchev–Trinajstić information content (AvgIpc) is 2.75.